The van der Waals surface area contributed by atoms with E-state index in [1.807, 2.05) is 0 Å². The number of methoxy groups -OCH3 is 1. The molecular weight excluding hydrogens is 266 g/mol. The van der Waals surface area contributed by atoms with Crippen molar-refractivity contribution in [1.82, 2.24) is 14.9 Å². The molecule has 0 aliphatic carbocycles. The number of aromatic nitrogens is 2. The van der Waals surface area contributed by atoms with Crippen LogP contribution in [0.5, 0.6) is 5.75 Å². The minimum Gasteiger partial charge on any atom is -0.495 e. The lowest BCUT2D eigenvalue weighted by Gasteiger charge is -2.48. The number of hydrogen-bond acceptors (Lipinski definition) is 6. The summed E-state index contributed by atoms with van der Waals surface area (Å²) >= 11 is 0. The van der Waals surface area contributed by atoms with Gasteiger partial charge in [-0.15, -0.1) is 0 Å². The summed E-state index contributed by atoms with van der Waals surface area (Å²) < 4.78 is 27.6. The number of fused-ring (bicyclic) bond motifs is 2. The van der Waals surface area contributed by atoms with Crippen molar-refractivity contribution >= 4 is 22.4 Å². The van der Waals surface area contributed by atoms with Crippen LogP contribution in [0.15, 0.2) is 18.5 Å². The molecule has 2 saturated heterocycles. The summed E-state index contributed by atoms with van der Waals surface area (Å²) in [5, 5.41) is 0.659. The van der Waals surface area contributed by atoms with Crippen LogP contribution in [0.3, 0.4) is 0 Å². The zero-order valence-electron chi connectivity index (χ0n) is 14.8. The first-order valence-electron chi connectivity index (χ1n) is 8.54. The molecule has 110 valence electrons. The molecule has 6 nitrogen and oxygen atoms in total. The monoisotopic (exact) mass is 288 g/mol. The van der Waals surface area contributed by atoms with Gasteiger partial charge in [-0.1, -0.05) is 0 Å². The minimum atomic E-state index is -2.52. The molecule has 0 amide bonds. The number of rotatable bonds is 2. The summed E-state index contributed by atoms with van der Waals surface area (Å²) in [5.41, 5.74) is 7.46. The van der Waals surface area contributed by atoms with Crippen LogP contribution in [0, 0.1) is 0 Å². The highest BCUT2D eigenvalue weighted by atomic mass is 16.5. The zero-order valence-corrected chi connectivity index (χ0v) is 11.8. The van der Waals surface area contributed by atoms with Gasteiger partial charge in [0.15, 0.2) is 0 Å². The predicted octanol–water partition coefficient (Wildman–Crippen LogP) is 1.11. The van der Waals surface area contributed by atoms with Crippen LogP contribution >= 0.6 is 0 Å². The second-order valence-corrected chi connectivity index (χ2v) is 5.72. The fourth-order valence-corrected chi connectivity index (χ4v) is 3.58. The number of anilines is 2. The second kappa shape index (κ2) is 4.46. The molecule has 1 aromatic carbocycles. The molecule has 0 unspecified atom stereocenters. The van der Waals surface area contributed by atoms with Crippen LogP contribution in [0.4, 0.5) is 11.5 Å². The fourth-order valence-electron chi connectivity index (χ4n) is 3.58. The van der Waals surface area contributed by atoms with E-state index in [0.29, 0.717) is 40.2 Å². The van der Waals surface area contributed by atoms with Gasteiger partial charge in [-0.25, -0.2) is 9.97 Å². The number of benzene rings is 1. The number of nitrogen functional groups attached to an aromatic ring is 1. The van der Waals surface area contributed by atoms with E-state index in [1.54, 1.807) is 12.1 Å². The molecular formula is C15H19N5O. The highest BCUT2D eigenvalue weighted by Crippen LogP contribution is 2.44. The maximum Gasteiger partial charge on any atom is 0.143 e. The third-order valence-electron chi connectivity index (χ3n) is 4.74. The summed E-state index contributed by atoms with van der Waals surface area (Å²) in [7, 11) is -0.411. The van der Waals surface area contributed by atoms with E-state index in [9.17, 15) is 0 Å². The molecule has 0 radical (unpaired) electrons. The molecule has 2 fully saturated rings. The van der Waals surface area contributed by atoms with Crippen molar-refractivity contribution in [2.45, 2.75) is 18.5 Å². The Morgan fingerprint density at radius 1 is 1.38 bits per heavy atom. The molecule has 2 N–H and O–H groups in total. The predicted molar refractivity (Wildman–Crippen MR) is 82.7 cm³/mol. The maximum atomic E-state index is 7.44. The molecule has 2 atom stereocenters. The van der Waals surface area contributed by atoms with Crippen LogP contribution in [0.1, 0.15) is 10.5 Å². The number of likely N-dealkylation sites (N-methyl/N-ethyl adjacent to an activating group) is 1. The van der Waals surface area contributed by atoms with Crippen molar-refractivity contribution < 1.29 is 8.85 Å². The minimum absolute atomic E-state index is 0.303. The van der Waals surface area contributed by atoms with E-state index in [-0.39, 0.29) is 0 Å². The Kier molecular flexibility index (Phi) is 2.08. The number of hydrogen-bond donors (Lipinski definition) is 1. The van der Waals surface area contributed by atoms with Gasteiger partial charge in [0.25, 0.3) is 0 Å². The average molecular weight is 288 g/mol. The van der Waals surface area contributed by atoms with Crippen molar-refractivity contribution in [3.05, 3.63) is 18.5 Å². The Labute approximate surface area is 127 Å². The zero-order chi connectivity index (χ0) is 17.1. The molecule has 0 saturated carbocycles. The lowest BCUT2D eigenvalue weighted by atomic mass is 9.94. The number of ether oxygens (including phenoxy) is 1. The van der Waals surface area contributed by atoms with Crippen molar-refractivity contribution in [3.8, 4) is 5.75 Å². The Morgan fingerprint density at radius 2 is 2.29 bits per heavy atom. The highest BCUT2D eigenvalue weighted by Gasteiger charge is 2.46. The third-order valence-corrected chi connectivity index (χ3v) is 4.74. The Bertz CT molecular complexity index is 797. The van der Waals surface area contributed by atoms with E-state index in [0.717, 1.165) is 19.5 Å². The molecule has 3 heterocycles. The molecule has 6 heteroatoms. The maximum absolute atomic E-state index is 7.44. The molecule has 2 aromatic rings. The van der Waals surface area contributed by atoms with Crippen LogP contribution in [0.2, 0.25) is 0 Å². The van der Waals surface area contributed by atoms with Gasteiger partial charge in [0.1, 0.15) is 17.9 Å². The van der Waals surface area contributed by atoms with E-state index in [2.05, 4.69) is 26.8 Å². The molecule has 0 bridgehead atoms. The standard InChI is InChI=1S/C15H19N5O/c1-19-6-5-10-11(19)7-20(10)14-12(21-2)4-3-9-13(14)15(16)18-8-17-9/h3-4,8,10-11H,5-7H2,1-2H3,(H2,16,17,18)/t10-,11-/m0/s1/i2D3. The van der Waals surface area contributed by atoms with E-state index in [1.165, 1.54) is 6.33 Å². The van der Waals surface area contributed by atoms with E-state index >= 15 is 0 Å². The normalized spacial score (nSPS) is 27.7. The SMILES string of the molecule is [2H]C([2H])([2H])Oc1ccc2ncnc(N)c2c1N1C[C@H]2[C@@H]1CCN2C. The summed E-state index contributed by atoms with van der Waals surface area (Å²) in [6, 6.07) is 4.18. The van der Waals surface area contributed by atoms with Gasteiger partial charge in [0.05, 0.1) is 27.7 Å². The third kappa shape index (κ3) is 1.68. The summed E-state index contributed by atoms with van der Waals surface area (Å²) in [6.45, 7) is 1.84. The molecule has 2 aliphatic heterocycles. The number of nitrogens with two attached hydrogens (primary N) is 1. The first-order valence-corrected chi connectivity index (χ1v) is 7.04. The second-order valence-electron chi connectivity index (χ2n) is 5.72. The Morgan fingerprint density at radius 3 is 3.10 bits per heavy atom. The highest BCUT2D eigenvalue weighted by molar-refractivity contribution is 6.02. The molecule has 21 heavy (non-hydrogen) atoms. The van der Waals surface area contributed by atoms with Crippen LogP contribution in [0.25, 0.3) is 10.9 Å². The van der Waals surface area contributed by atoms with Crippen molar-refractivity contribution in [2.75, 3.05) is 37.8 Å². The van der Waals surface area contributed by atoms with Crippen LogP contribution in [-0.4, -0.2) is 54.1 Å². The Balaban J connectivity index is 1.86. The van der Waals surface area contributed by atoms with Gasteiger partial charge in [0, 0.05) is 25.2 Å². The average Bonchev–Trinajstić information content (AvgIpc) is 2.74. The lowest BCUT2D eigenvalue weighted by Crippen LogP contribution is -2.61. The van der Waals surface area contributed by atoms with E-state index < -0.39 is 7.04 Å². The van der Waals surface area contributed by atoms with E-state index in [4.69, 9.17) is 14.6 Å². The lowest BCUT2D eigenvalue weighted by molar-refractivity contribution is 0.241. The molecule has 1 aromatic heterocycles. The van der Waals surface area contributed by atoms with Crippen molar-refractivity contribution in [2.24, 2.45) is 0 Å². The topological polar surface area (TPSA) is 67.5 Å². The van der Waals surface area contributed by atoms with Crippen LogP contribution in [-0.2, 0) is 0 Å². The van der Waals surface area contributed by atoms with Crippen molar-refractivity contribution in [1.29, 1.82) is 0 Å². The summed E-state index contributed by atoms with van der Waals surface area (Å²) in [6.07, 6.45) is 2.44. The molecule has 0 spiro atoms. The van der Waals surface area contributed by atoms with Gasteiger partial charge >= 0.3 is 0 Å². The van der Waals surface area contributed by atoms with Gasteiger partial charge in [0.2, 0.25) is 0 Å². The first kappa shape index (κ1) is 9.78. The van der Waals surface area contributed by atoms with Gasteiger partial charge in [-0.3, -0.25) is 4.90 Å². The summed E-state index contributed by atoms with van der Waals surface area (Å²) in [5.74, 6) is 0.637. The van der Waals surface area contributed by atoms with Crippen LogP contribution < -0.4 is 15.4 Å². The van der Waals surface area contributed by atoms with Gasteiger partial charge < -0.3 is 15.4 Å². The summed E-state index contributed by atoms with van der Waals surface area (Å²) in [4.78, 5) is 12.8. The smallest absolute Gasteiger partial charge is 0.143 e. The largest absolute Gasteiger partial charge is 0.495 e. The quantitative estimate of drug-likeness (QED) is 0.893. The molecule has 2 aliphatic rings. The number of nitrogens with zero attached hydrogens (tertiary/aromatic N) is 4. The number of likely N-dealkylation sites (tertiary alicyclic amines) is 1. The fraction of sp³-hybridized carbons (Fsp3) is 0.467. The molecule has 4 rings (SSSR count). The Hall–Kier alpha value is -2.08. The van der Waals surface area contributed by atoms with Gasteiger partial charge in [-0.05, 0) is 25.6 Å². The van der Waals surface area contributed by atoms with Gasteiger partial charge in [-0.2, -0.15) is 0 Å². The first-order chi connectivity index (χ1) is 11.3. The van der Waals surface area contributed by atoms with Crippen molar-refractivity contribution in [3.63, 3.8) is 0 Å².